The molecule has 13 heavy (non-hydrogen) atoms. The van der Waals surface area contributed by atoms with E-state index in [-0.39, 0.29) is 6.04 Å². The van der Waals surface area contributed by atoms with Crippen LogP contribution < -0.4 is 5.73 Å². The van der Waals surface area contributed by atoms with E-state index >= 15 is 0 Å². The van der Waals surface area contributed by atoms with E-state index in [0.717, 1.165) is 32.2 Å². The van der Waals surface area contributed by atoms with Gasteiger partial charge in [0.25, 0.3) is 0 Å². The van der Waals surface area contributed by atoms with Crippen molar-refractivity contribution in [2.24, 2.45) is 11.7 Å². The van der Waals surface area contributed by atoms with Gasteiger partial charge in [-0.25, -0.2) is 0 Å². The molecule has 0 bridgehead atoms. The van der Waals surface area contributed by atoms with Gasteiger partial charge in [-0.2, -0.15) is 0 Å². The van der Waals surface area contributed by atoms with Crippen LogP contribution >= 0.6 is 0 Å². The van der Waals surface area contributed by atoms with Crippen LogP contribution in [0.25, 0.3) is 0 Å². The number of ether oxygens (including phenoxy) is 2. The summed E-state index contributed by atoms with van der Waals surface area (Å²) >= 11 is 0. The Morgan fingerprint density at radius 3 is 2.77 bits per heavy atom. The number of hydrogen-bond acceptors (Lipinski definition) is 3. The lowest BCUT2D eigenvalue weighted by Crippen LogP contribution is -2.31. The Bertz CT molecular complexity index is 124. The lowest BCUT2D eigenvalue weighted by Gasteiger charge is -2.24. The zero-order chi connectivity index (χ0) is 9.52. The third-order valence-corrected chi connectivity index (χ3v) is 2.51. The van der Waals surface area contributed by atoms with Crippen molar-refractivity contribution in [3.05, 3.63) is 0 Å². The zero-order valence-corrected chi connectivity index (χ0v) is 8.50. The van der Waals surface area contributed by atoms with E-state index in [1.165, 1.54) is 12.8 Å². The zero-order valence-electron chi connectivity index (χ0n) is 8.50. The van der Waals surface area contributed by atoms with Gasteiger partial charge in [0, 0.05) is 25.9 Å². The van der Waals surface area contributed by atoms with E-state index in [1.54, 1.807) is 0 Å². The quantitative estimate of drug-likeness (QED) is 0.702. The van der Waals surface area contributed by atoms with E-state index in [0.29, 0.717) is 6.61 Å². The van der Waals surface area contributed by atoms with Crippen molar-refractivity contribution in [3.63, 3.8) is 0 Å². The van der Waals surface area contributed by atoms with E-state index in [2.05, 4.69) is 0 Å². The molecule has 0 saturated carbocycles. The van der Waals surface area contributed by atoms with Crippen molar-refractivity contribution in [2.45, 2.75) is 32.2 Å². The van der Waals surface area contributed by atoms with Gasteiger partial charge in [0.05, 0.1) is 6.61 Å². The molecule has 0 aromatic heterocycles. The third kappa shape index (κ3) is 4.60. The van der Waals surface area contributed by atoms with Crippen molar-refractivity contribution in [3.8, 4) is 0 Å². The fraction of sp³-hybridized carbons (Fsp3) is 1.00. The molecule has 0 aromatic carbocycles. The largest absolute Gasteiger partial charge is 0.381 e. The minimum absolute atomic E-state index is 0.211. The van der Waals surface area contributed by atoms with E-state index in [4.69, 9.17) is 15.2 Å². The molecule has 0 aromatic rings. The summed E-state index contributed by atoms with van der Waals surface area (Å²) in [6.07, 6.45) is 3.42. The molecule has 0 amide bonds. The lowest BCUT2D eigenvalue weighted by atomic mass is 9.93. The second-order valence-corrected chi connectivity index (χ2v) is 3.71. The number of hydrogen-bond donors (Lipinski definition) is 1. The van der Waals surface area contributed by atoms with Gasteiger partial charge in [0.1, 0.15) is 0 Å². The Labute approximate surface area is 80.6 Å². The maximum Gasteiger partial charge on any atom is 0.0617 e. The van der Waals surface area contributed by atoms with Crippen molar-refractivity contribution in [1.82, 2.24) is 0 Å². The van der Waals surface area contributed by atoms with E-state index < -0.39 is 0 Å². The van der Waals surface area contributed by atoms with Crippen molar-refractivity contribution >= 4 is 0 Å². The monoisotopic (exact) mass is 187 g/mol. The average molecular weight is 187 g/mol. The first-order chi connectivity index (χ1) is 6.33. The molecule has 1 saturated heterocycles. The predicted molar refractivity (Wildman–Crippen MR) is 52.6 cm³/mol. The van der Waals surface area contributed by atoms with E-state index in [9.17, 15) is 0 Å². The highest BCUT2D eigenvalue weighted by molar-refractivity contribution is 4.70. The maximum atomic E-state index is 5.92. The van der Waals surface area contributed by atoms with Crippen molar-refractivity contribution < 1.29 is 9.47 Å². The van der Waals surface area contributed by atoms with Gasteiger partial charge in [-0.3, -0.25) is 0 Å². The maximum absolute atomic E-state index is 5.92. The molecule has 0 radical (unpaired) electrons. The molecule has 0 aliphatic carbocycles. The Morgan fingerprint density at radius 1 is 1.46 bits per heavy atom. The molecule has 0 spiro atoms. The average Bonchev–Trinajstić information content (AvgIpc) is 2.16. The first kappa shape index (κ1) is 11.0. The minimum atomic E-state index is 0.211. The van der Waals surface area contributed by atoms with Crippen LogP contribution in [0.3, 0.4) is 0 Å². The summed E-state index contributed by atoms with van der Waals surface area (Å²) in [5.41, 5.74) is 5.92. The summed E-state index contributed by atoms with van der Waals surface area (Å²) in [7, 11) is 0. The smallest absolute Gasteiger partial charge is 0.0617 e. The molecule has 3 nitrogen and oxygen atoms in total. The molecule has 1 unspecified atom stereocenters. The van der Waals surface area contributed by atoms with Gasteiger partial charge >= 0.3 is 0 Å². The summed E-state index contributed by atoms with van der Waals surface area (Å²) in [4.78, 5) is 0. The Kier molecular flexibility index (Phi) is 5.35. The highest BCUT2D eigenvalue weighted by Gasteiger charge is 2.16. The first-order valence-corrected chi connectivity index (χ1v) is 5.24. The summed E-state index contributed by atoms with van der Waals surface area (Å²) in [6, 6.07) is 0.211. The molecule has 1 heterocycles. The summed E-state index contributed by atoms with van der Waals surface area (Å²) < 4.78 is 10.6. The lowest BCUT2D eigenvalue weighted by molar-refractivity contribution is 0.0552. The van der Waals surface area contributed by atoms with Crippen LogP contribution in [0.15, 0.2) is 0 Å². The van der Waals surface area contributed by atoms with Crippen LogP contribution in [-0.2, 0) is 9.47 Å². The van der Waals surface area contributed by atoms with Gasteiger partial charge < -0.3 is 15.2 Å². The Hall–Kier alpha value is -0.120. The summed E-state index contributed by atoms with van der Waals surface area (Å²) in [6.45, 7) is 5.29. The normalized spacial score (nSPS) is 21.7. The van der Waals surface area contributed by atoms with Crippen molar-refractivity contribution in [2.75, 3.05) is 26.4 Å². The molecule has 1 fully saturated rings. The second kappa shape index (κ2) is 6.35. The molecule has 1 rings (SSSR count). The van der Waals surface area contributed by atoms with Crippen LogP contribution in [-0.4, -0.2) is 32.5 Å². The first-order valence-electron chi connectivity index (χ1n) is 5.24. The second-order valence-electron chi connectivity index (χ2n) is 3.71. The van der Waals surface area contributed by atoms with Crippen LogP contribution in [0.4, 0.5) is 0 Å². The Balaban J connectivity index is 2.07. The molecule has 1 aliphatic rings. The number of nitrogens with two attached hydrogens (primary N) is 1. The van der Waals surface area contributed by atoms with Crippen LogP contribution in [0.1, 0.15) is 26.2 Å². The van der Waals surface area contributed by atoms with Gasteiger partial charge in [-0.15, -0.1) is 0 Å². The van der Waals surface area contributed by atoms with Crippen LogP contribution in [0.2, 0.25) is 0 Å². The summed E-state index contributed by atoms with van der Waals surface area (Å²) in [5.74, 6) is 0.754. The van der Waals surface area contributed by atoms with Crippen LogP contribution in [0.5, 0.6) is 0 Å². The fourth-order valence-electron chi connectivity index (χ4n) is 1.75. The Morgan fingerprint density at radius 2 is 2.15 bits per heavy atom. The standard InChI is InChI=1S/C10H21NO2/c1-2-12-8-10(11)7-9-3-5-13-6-4-9/h9-10H,2-8,11H2,1H3. The predicted octanol–water partition coefficient (Wildman–Crippen LogP) is 1.17. The topological polar surface area (TPSA) is 44.5 Å². The highest BCUT2D eigenvalue weighted by Crippen LogP contribution is 2.19. The van der Waals surface area contributed by atoms with Gasteiger partial charge in [-0.05, 0) is 32.1 Å². The molecule has 2 N–H and O–H groups in total. The molecule has 1 aliphatic heterocycles. The van der Waals surface area contributed by atoms with Gasteiger partial charge in [-0.1, -0.05) is 0 Å². The minimum Gasteiger partial charge on any atom is -0.381 e. The van der Waals surface area contributed by atoms with Crippen molar-refractivity contribution in [1.29, 1.82) is 0 Å². The fourth-order valence-corrected chi connectivity index (χ4v) is 1.75. The molecule has 78 valence electrons. The SMILES string of the molecule is CCOCC(N)CC1CCOCC1. The molecule has 3 heteroatoms. The third-order valence-electron chi connectivity index (χ3n) is 2.51. The van der Waals surface area contributed by atoms with Gasteiger partial charge in [0.15, 0.2) is 0 Å². The molecular formula is C10H21NO2. The summed E-state index contributed by atoms with van der Waals surface area (Å²) in [5, 5.41) is 0. The molecule has 1 atom stereocenters. The van der Waals surface area contributed by atoms with Crippen LogP contribution in [0, 0.1) is 5.92 Å². The number of rotatable bonds is 5. The highest BCUT2D eigenvalue weighted by atomic mass is 16.5. The molecular weight excluding hydrogens is 166 g/mol. The van der Waals surface area contributed by atoms with Gasteiger partial charge in [0.2, 0.25) is 0 Å². The van der Waals surface area contributed by atoms with E-state index in [1.807, 2.05) is 6.92 Å².